The van der Waals surface area contributed by atoms with E-state index in [4.69, 9.17) is 9.47 Å². The van der Waals surface area contributed by atoms with Gasteiger partial charge in [0, 0.05) is 18.0 Å². The predicted octanol–water partition coefficient (Wildman–Crippen LogP) is 3.91. The van der Waals surface area contributed by atoms with Crippen LogP contribution < -0.4 is 20.3 Å². The van der Waals surface area contributed by atoms with Crippen LogP contribution in [0.1, 0.15) is 16.8 Å². The van der Waals surface area contributed by atoms with Crippen LogP contribution in [-0.2, 0) is 11.4 Å². The number of carbonyl (C=O) groups is 1. The summed E-state index contributed by atoms with van der Waals surface area (Å²) in [6.45, 7) is 4.00. The van der Waals surface area contributed by atoms with Gasteiger partial charge in [-0.25, -0.2) is 4.98 Å². The van der Waals surface area contributed by atoms with E-state index >= 15 is 0 Å². The average Bonchev–Trinajstić information content (AvgIpc) is 2.77. The highest BCUT2D eigenvalue weighted by atomic mass is 16.5. The molecule has 0 spiro atoms. The average molecular weight is 429 g/mol. The number of nitrogens with zero attached hydrogens (tertiary/aromatic N) is 2. The third-order valence-electron chi connectivity index (χ3n) is 4.76. The lowest BCUT2D eigenvalue weighted by atomic mass is 10.2. The monoisotopic (exact) mass is 429 g/mol. The van der Waals surface area contributed by atoms with Crippen molar-refractivity contribution in [1.82, 2.24) is 9.38 Å². The first-order valence-corrected chi connectivity index (χ1v) is 10.2. The van der Waals surface area contributed by atoms with Crippen molar-refractivity contribution in [2.24, 2.45) is 0 Å². The van der Waals surface area contributed by atoms with Crippen LogP contribution >= 0.6 is 0 Å². The van der Waals surface area contributed by atoms with Crippen LogP contribution in [0.3, 0.4) is 0 Å². The highest BCUT2D eigenvalue weighted by molar-refractivity contribution is 5.91. The molecule has 0 aliphatic rings. The molecule has 0 saturated heterocycles. The predicted molar refractivity (Wildman–Crippen MR) is 122 cm³/mol. The van der Waals surface area contributed by atoms with Gasteiger partial charge in [-0.2, -0.15) is 0 Å². The van der Waals surface area contributed by atoms with Gasteiger partial charge in [-0.15, -0.1) is 0 Å². The van der Waals surface area contributed by atoms with E-state index in [-0.39, 0.29) is 24.7 Å². The van der Waals surface area contributed by atoms with Gasteiger partial charge in [0.1, 0.15) is 23.8 Å². The molecule has 0 aliphatic carbocycles. The third kappa shape index (κ3) is 5.31. The zero-order valence-corrected chi connectivity index (χ0v) is 17.9. The standard InChI is InChI=1S/C25H23N3O4/c1-17-4-3-5-22(12-17)32-16-24(29)27-19-6-8-21(9-7-19)31-15-20-14-25(30)28-11-10-18(2)13-23(28)26-20/h3-14H,15-16H2,1-2H3,(H,27,29). The molecule has 0 unspecified atom stereocenters. The van der Waals surface area contributed by atoms with Crippen LogP contribution in [0.2, 0.25) is 0 Å². The molecule has 0 atom stereocenters. The Balaban J connectivity index is 1.32. The molecule has 2 aromatic heterocycles. The second-order valence-electron chi connectivity index (χ2n) is 7.48. The van der Waals surface area contributed by atoms with E-state index in [9.17, 15) is 9.59 Å². The van der Waals surface area contributed by atoms with Gasteiger partial charge in [-0.3, -0.25) is 14.0 Å². The molecular formula is C25H23N3O4. The summed E-state index contributed by atoms with van der Waals surface area (Å²) in [5, 5.41) is 2.78. The SMILES string of the molecule is Cc1cccc(OCC(=O)Nc2ccc(OCc3cc(=O)n4ccc(C)cc4n3)cc2)c1. The number of rotatable bonds is 7. The maximum Gasteiger partial charge on any atom is 0.262 e. The minimum atomic E-state index is -0.253. The number of hydrogen-bond acceptors (Lipinski definition) is 5. The Bertz CT molecular complexity index is 1310. The Hall–Kier alpha value is -4.13. The number of anilines is 1. The van der Waals surface area contributed by atoms with Crippen molar-refractivity contribution in [2.75, 3.05) is 11.9 Å². The molecule has 4 rings (SSSR count). The molecule has 0 bridgehead atoms. The van der Waals surface area contributed by atoms with Gasteiger partial charge >= 0.3 is 0 Å². The Morgan fingerprint density at radius 2 is 1.72 bits per heavy atom. The Kier molecular flexibility index (Phi) is 6.17. The molecule has 0 fully saturated rings. The van der Waals surface area contributed by atoms with Crippen molar-refractivity contribution in [3.63, 3.8) is 0 Å². The fraction of sp³-hybridized carbons (Fsp3) is 0.160. The van der Waals surface area contributed by atoms with Crippen molar-refractivity contribution in [1.29, 1.82) is 0 Å². The molecule has 4 aromatic rings. The lowest BCUT2D eigenvalue weighted by Crippen LogP contribution is -2.20. The van der Waals surface area contributed by atoms with Gasteiger partial charge in [0.25, 0.3) is 11.5 Å². The number of fused-ring (bicyclic) bond motifs is 1. The maximum atomic E-state index is 12.2. The summed E-state index contributed by atoms with van der Waals surface area (Å²) in [7, 11) is 0. The second kappa shape index (κ2) is 9.34. The number of pyridine rings is 1. The molecule has 0 aliphatic heterocycles. The maximum absolute atomic E-state index is 12.2. The lowest BCUT2D eigenvalue weighted by molar-refractivity contribution is -0.118. The van der Waals surface area contributed by atoms with Crippen LogP contribution in [0, 0.1) is 13.8 Å². The summed E-state index contributed by atoms with van der Waals surface area (Å²) in [4.78, 5) is 28.9. The number of ether oxygens (including phenoxy) is 2. The number of aryl methyl sites for hydroxylation is 2. The molecule has 2 aromatic carbocycles. The van der Waals surface area contributed by atoms with E-state index in [1.165, 1.54) is 10.5 Å². The first-order valence-electron chi connectivity index (χ1n) is 10.2. The van der Waals surface area contributed by atoms with Gasteiger partial charge in [0.05, 0.1) is 5.69 Å². The number of amides is 1. The molecule has 0 saturated carbocycles. The molecule has 1 N–H and O–H groups in total. The summed E-state index contributed by atoms with van der Waals surface area (Å²) in [5.41, 5.74) is 3.70. The molecular weight excluding hydrogens is 406 g/mol. The van der Waals surface area contributed by atoms with Crippen LogP contribution in [0.5, 0.6) is 11.5 Å². The molecule has 1 amide bonds. The first kappa shape index (κ1) is 21.1. The normalized spacial score (nSPS) is 10.7. The Labute approximate surface area is 185 Å². The highest BCUT2D eigenvalue weighted by Crippen LogP contribution is 2.17. The van der Waals surface area contributed by atoms with E-state index in [0.717, 1.165) is 11.1 Å². The van der Waals surface area contributed by atoms with E-state index in [1.807, 2.05) is 50.2 Å². The lowest BCUT2D eigenvalue weighted by Gasteiger charge is -2.10. The van der Waals surface area contributed by atoms with E-state index in [0.29, 0.717) is 28.5 Å². The fourth-order valence-corrected chi connectivity index (χ4v) is 3.17. The van der Waals surface area contributed by atoms with Crippen molar-refractivity contribution < 1.29 is 14.3 Å². The van der Waals surface area contributed by atoms with Crippen molar-refractivity contribution in [2.45, 2.75) is 20.5 Å². The summed E-state index contributed by atoms with van der Waals surface area (Å²) < 4.78 is 12.8. The molecule has 32 heavy (non-hydrogen) atoms. The van der Waals surface area contributed by atoms with Crippen LogP contribution in [0.25, 0.3) is 5.65 Å². The fourth-order valence-electron chi connectivity index (χ4n) is 3.17. The summed E-state index contributed by atoms with van der Waals surface area (Å²) in [6.07, 6.45) is 1.71. The third-order valence-corrected chi connectivity index (χ3v) is 4.76. The zero-order chi connectivity index (χ0) is 22.5. The zero-order valence-electron chi connectivity index (χ0n) is 17.9. The van der Waals surface area contributed by atoms with Crippen LogP contribution in [0.15, 0.2) is 77.7 Å². The highest BCUT2D eigenvalue weighted by Gasteiger charge is 2.06. The van der Waals surface area contributed by atoms with Crippen molar-refractivity contribution >= 4 is 17.2 Å². The Morgan fingerprint density at radius 3 is 2.50 bits per heavy atom. The first-order chi connectivity index (χ1) is 15.5. The molecule has 7 heteroatoms. The Morgan fingerprint density at radius 1 is 0.938 bits per heavy atom. The minimum absolute atomic E-state index is 0.0790. The topological polar surface area (TPSA) is 81.9 Å². The van der Waals surface area contributed by atoms with Gasteiger partial charge in [0.2, 0.25) is 0 Å². The summed E-state index contributed by atoms with van der Waals surface area (Å²) in [6, 6.07) is 19.7. The van der Waals surface area contributed by atoms with Gasteiger partial charge in [-0.05, 0) is 73.5 Å². The minimum Gasteiger partial charge on any atom is -0.487 e. The number of nitrogens with one attached hydrogen (secondary N) is 1. The molecule has 7 nitrogen and oxygen atoms in total. The van der Waals surface area contributed by atoms with Gasteiger partial charge in [-0.1, -0.05) is 12.1 Å². The second-order valence-corrected chi connectivity index (χ2v) is 7.48. The van der Waals surface area contributed by atoms with E-state index in [2.05, 4.69) is 10.3 Å². The largest absolute Gasteiger partial charge is 0.487 e. The van der Waals surface area contributed by atoms with Gasteiger partial charge < -0.3 is 14.8 Å². The van der Waals surface area contributed by atoms with Crippen LogP contribution in [-0.4, -0.2) is 21.9 Å². The number of aromatic nitrogens is 2. The quantitative estimate of drug-likeness (QED) is 0.482. The number of carbonyl (C=O) groups excluding carboxylic acids is 1. The van der Waals surface area contributed by atoms with Crippen molar-refractivity contribution in [3.05, 3.63) is 100 Å². The molecule has 0 radical (unpaired) electrons. The molecule has 162 valence electrons. The summed E-state index contributed by atoms with van der Waals surface area (Å²) >= 11 is 0. The van der Waals surface area contributed by atoms with Crippen LogP contribution in [0.4, 0.5) is 5.69 Å². The molecule has 2 heterocycles. The van der Waals surface area contributed by atoms with Gasteiger partial charge in [0.15, 0.2) is 6.61 Å². The van der Waals surface area contributed by atoms with E-state index < -0.39 is 0 Å². The van der Waals surface area contributed by atoms with E-state index in [1.54, 1.807) is 30.5 Å². The summed E-state index contributed by atoms with van der Waals surface area (Å²) in [5.74, 6) is 1.00. The smallest absolute Gasteiger partial charge is 0.262 e. The number of benzene rings is 2. The number of hydrogen-bond donors (Lipinski definition) is 1. The van der Waals surface area contributed by atoms with Crippen molar-refractivity contribution in [3.8, 4) is 11.5 Å².